The van der Waals surface area contributed by atoms with Crippen molar-refractivity contribution in [3.05, 3.63) is 32.6 Å². The van der Waals surface area contributed by atoms with Gasteiger partial charge in [-0.3, -0.25) is 10.1 Å². The number of rotatable bonds is 5. The molecule has 2 aromatic rings. The standard InChI is InChI=1S/C15H20BrN3O2S/c1-15(2,3)11-7-14(21-18-11)17-13(20)9-19(4)8-10-5-6-12(16)22-10/h5-7H,8-9H2,1-4H3,(H,17,20)/p+1. The Morgan fingerprint density at radius 3 is 2.73 bits per heavy atom. The minimum Gasteiger partial charge on any atom is -0.338 e. The van der Waals surface area contributed by atoms with Gasteiger partial charge in [0, 0.05) is 11.5 Å². The van der Waals surface area contributed by atoms with Crippen LogP contribution < -0.4 is 10.2 Å². The third-order valence-corrected chi connectivity index (χ3v) is 4.73. The Labute approximate surface area is 142 Å². The molecule has 1 unspecified atom stereocenters. The topological polar surface area (TPSA) is 59.6 Å². The molecule has 0 fully saturated rings. The van der Waals surface area contributed by atoms with Crippen LogP contribution >= 0.6 is 27.3 Å². The molecule has 7 heteroatoms. The van der Waals surface area contributed by atoms with Gasteiger partial charge in [0.15, 0.2) is 6.54 Å². The molecule has 0 saturated carbocycles. The third-order valence-electron chi connectivity index (χ3n) is 3.11. The van der Waals surface area contributed by atoms with Gasteiger partial charge >= 0.3 is 0 Å². The maximum atomic E-state index is 12.1. The van der Waals surface area contributed by atoms with Crippen LogP contribution in [-0.4, -0.2) is 24.7 Å². The Balaban J connectivity index is 1.86. The normalized spacial score (nSPS) is 13.1. The molecular weight excluding hydrogens is 366 g/mol. The lowest BCUT2D eigenvalue weighted by Gasteiger charge is -2.12. The molecule has 1 amide bonds. The van der Waals surface area contributed by atoms with Gasteiger partial charge in [-0.25, -0.2) is 0 Å². The maximum absolute atomic E-state index is 12.1. The van der Waals surface area contributed by atoms with Crippen LogP contribution in [0.25, 0.3) is 0 Å². The maximum Gasteiger partial charge on any atom is 0.281 e. The van der Waals surface area contributed by atoms with E-state index in [0.717, 1.165) is 20.9 Å². The van der Waals surface area contributed by atoms with E-state index in [1.165, 1.54) is 4.88 Å². The number of thiophene rings is 1. The number of anilines is 1. The predicted molar refractivity (Wildman–Crippen MR) is 91.3 cm³/mol. The number of likely N-dealkylation sites (N-methyl/N-ethyl adjacent to an activating group) is 1. The first-order chi connectivity index (χ1) is 10.2. The van der Waals surface area contributed by atoms with Crippen LogP contribution in [0.4, 0.5) is 5.88 Å². The van der Waals surface area contributed by atoms with Crippen molar-refractivity contribution in [1.29, 1.82) is 0 Å². The molecule has 5 nitrogen and oxygen atoms in total. The number of hydrogen-bond acceptors (Lipinski definition) is 4. The molecule has 0 aliphatic heterocycles. The summed E-state index contributed by atoms with van der Waals surface area (Å²) in [7, 11) is 1.99. The quantitative estimate of drug-likeness (QED) is 0.829. The summed E-state index contributed by atoms with van der Waals surface area (Å²) >= 11 is 5.13. The van der Waals surface area contributed by atoms with Crippen molar-refractivity contribution in [2.75, 3.05) is 18.9 Å². The summed E-state index contributed by atoms with van der Waals surface area (Å²) in [6.07, 6.45) is 0. The minimum absolute atomic E-state index is 0.0790. The van der Waals surface area contributed by atoms with E-state index in [-0.39, 0.29) is 11.3 Å². The van der Waals surface area contributed by atoms with Crippen LogP contribution in [0.3, 0.4) is 0 Å². The zero-order chi connectivity index (χ0) is 16.3. The molecule has 0 bridgehead atoms. The van der Waals surface area contributed by atoms with Crippen molar-refractivity contribution in [2.45, 2.75) is 32.7 Å². The van der Waals surface area contributed by atoms with E-state index in [1.807, 2.05) is 33.9 Å². The Bertz CT molecular complexity index is 645. The molecule has 120 valence electrons. The monoisotopic (exact) mass is 386 g/mol. The van der Waals surface area contributed by atoms with E-state index in [0.29, 0.717) is 12.4 Å². The first kappa shape index (κ1) is 17.2. The van der Waals surface area contributed by atoms with Gasteiger partial charge in [0.1, 0.15) is 6.54 Å². The Kier molecular flexibility index (Phi) is 5.41. The number of carbonyl (C=O) groups is 1. The molecule has 0 radical (unpaired) electrons. The molecule has 1 atom stereocenters. The van der Waals surface area contributed by atoms with Crippen LogP contribution in [0.15, 0.2) is 26.5 Å². The number of halogens is 1. The average Bonchev–Trinajstić information content (AvgIpc) is 2.97. The summed E-state index contributed by atoms with van der Waals surface area (Å²) < 4.78 is 6.28. The van der Waals surface area contributed by atoms with Crippen LogP contribution in [0.2, 0.25) is 0 Å². The zero-order valence-electron chi connectivity index (χ0n) is 13.2. The van der Waals surface area contributed by atoms with E-state index in [2.05, 4.69) is 32.5 Å². The predicted octanol–water partition coefficient (Wildman–Crippen LogP) is 2.45. The number of nitrogens with zero attached hydrogens (tertiary/aromatic N) is 1. The largest absolute Gasteiger partial charge is 0.338 e. The number of aromatic nitrogens is 1. The molecule has 2 rings (SSSR count). The molecule has 2 aromatic heterocycles. The highest BCUT2D eigenvalue weighted by Crippen LogP contribution is 2.23. The SMILES string of the molecule is C[NH+](CC(=O)Nc1cc(C(C)(C)C)no1)Cc1ccc(Br)s1. The van der Waals surface area contributed by atoms with Gasteiger partial charge < -0.3 is 9.42 Å². The lowest BCUT2D eigenvalue weighted by molar-refractivity contribution is -0.884. The minimum atomic E-state index is -0.0962. The third kappa shape index (κ3) is 4.93. The van der Waals surface area contributed by atoms with Crippen molar-refractivity contribution >= 4 is 39.1 Å². The number of nitrogens with one attached hydrogen (secondary N) is 2. The number of hydrogen-bond donors (Lipinski definition) is 2. The fourth-order valence-electron chi connectivity index (χ4n) is 1.95. The van der Waals surface area contributed by atoms with Gasteiger partial charge in [-0.2, -0.15) is 0 Å². The molecule has 0 aliphatic rings. The molecule has 0 aromatic carbocycles. The van der Waals surface area contributed by atoms with Gasteiger partial charge in [-0.05, 0) is 28.1 Å². The van der Waals surface area contributed by atoms with Crippen molar-refractivity contribution in [2.24, 2.45) is 0 Å². The van der Waals surface area contributed by atoms with Crippen molar-refractivity contribution in [3.8, 4) is 0 Å². The van der Waals surface area contributed by atoms with Gasteiger partial charge in [-0.1, -0.05) is 25.9 Å². The average molecular weight is 387 g/mol. The van der Waals surface area contributed by atoms with Crippen molar-refractivity contribution in [3.63, 3.8) is 0 Å². The highest BCUT2D eigenvalue weighted by molar-refractivity contribution is 9.11. The van der Waals surface area contributed by atoms with E-state index >= 15 is 0 Å². The van der Waals surface area contributed by atoms with Gasteiger partial charge in [0.2, 0.25) is 5.88 Å². The second kappa shape index (κ2) is 6.93. The molecule has 0 saturated heterocycles. The van der Waals surface area contributed by atoms with Gasteiger partial charge in [0.25, 0.3) is 5.91 Å². The first-order valence-corrected chi connectivity index (χ1v) is 8.67. The second-order valence-corrected chi connectivity index (χ2v) is 8.94. The highest BCUT2D eigenvalue weighted by Gasteiger charge is 2.20. The van der Waals surface area contributed by atoms with Gasteiger partial charge in [-0.15, -0.1) is 11.3 Å². The lowest BCUT2D eigenvalue weighted by Crippen LogP contribution is -3.08. The van der Waals surface area contributed by atoms with E-state index in [9.17, 15) is 4.79 Å². The van der Waals surface area contributed by atoms with Crippen LogP contribution in [0.1, 0.15) is 31.3 Å². The first-order valence-electron chi connectivity index (χ1n) is 7.06. The van der Waals surface area contributed by atoms with Crippen molar-refractivity contribution in [1.82, 2.24) is 5.16 Å². The fraction of sp³-hybridized carbons (Fsp3) is 0.467. The van der Waals surface area contributed by atoms with Gasteiger partial charge in [0.05, 0.1) is 21.4 Å². The van der Waals surface area contributed by atoms with E-state index in [1.54, 1.807) is 17.4 Å². The van der Waals surface area contributed by atoms with Crippen LogP contribution in [0.5, 0.6) is 0 Å². The summed E-state index contributed by atoms with van der Waals surface area (Å²) in [6, 6.07) is 5.88. The summed E-state index contributed by atoms with van der Waals surface area (Å²) in [6.45, 7) is 7.34. The Morgan fingerprint density at radius 2 is 2.18 bits per heavy atom. The summed E-state index contributed by atoms with van der Waals surface area (Å²) in [5, 5.41) is 6.75. The molecule has 0 spiro atoms. The van der Waals surface area contributed by atoms with Crippen LogP contribution in [-0.2, 0) is 16.8 Å². The second-order valence-electron chi connectivity index (χ2n) is 6.39. The van der Waals surface area contributed by atoms with Crippen LogP contribution in [0, 0.1) is 0 Å². The summed E-state index contributed by atoms with van der Waals surface area (Å²) in [5.41, 5.74) is 0.730. The molecule has 0 aliphatic carbocycles. The summed E-state index contributed by atoms with van der Waals surface area (Å²) in [4.78, 5) is 14.4. The number of amides is 1. The Hall–Kier alpha value is -1.18. The smallest absolute Gasteiger partial charge is 0.281 e. The summed E-state index contributed by atoms with van der Waals surface area (Å²) in [5.74, 6) is 0.325. The number of quaternary nitrogens is 1. The van der Waals surface area contributed by atoms with E-state index < -0.39 is 0 Å². The Morgan fingerprint density at radius 1 is 1.45 bits per heavy atom. The molecular formula is C15H21BrN3O2S+. The van der Waals surface area contributed by atoms with E-state index in [4.69, 9.17) is 4.52 Å². The number of carbonyl (C=O) groups excluding carboxylic acids is 1. The highest BCUT2D eigenvalue weighted by atomic mass is 79.9. The fourth-order valence-corrected chi connectivity index (χ4v) is 3.55. The lowest BCUT2D eigenvalue weighted by atomic mass is 9.92. The molecule has 22 heavy (non-hydrogen) atoms. The molecule has 2 heterocycles. The van der Waals surface area contributed by atoms with Crippen molar-refractivity contribution < 1.29 is 14.2 Å². The molecule has 2 N–H and O–H groups in total. The zero-order valence-corrected chi connectivity index (χ0v) is 15.6.